The summed E-state index contributed by atoms with van der Waals surface area (Å²) in [5, 5.41) is 0.0629. The van der Waals surface area contributed by atoms with E-state index in [9.17, 15) is 4.79 Å². The summed E-state index contributed by atoms with van der Waals surface area (Å²) >= 11 is 1.21. The first-order valence-corrected chi connectivity index (χ1v) is 6.18. The first-order valence-electron chi connectivity index (χ1n) is 5.19. The van der Waals surface area contributed by atoms with E-state index in [0.29, 0.717) is 11.5 Å². The van der Waals surface area contributed by atoms with E-state index in [-0.39, 0.29) is 11.2 Å². The number of nitrogens with two attached hydrogens (primary N) is 1. The molecule has 1 unspecified atom stereocenters. The third-order valence-corrected chi connectivity index (χ3v) is 3.24. The third kappa shape index (κ3) is 3.94. The van der Waals surface area contributed by atoms with Crippen LogP contribution >= 0.6 is 11.8 Å². The second-order valence-corrected chi connectivity index (χ2v) is 4.71. The molecule has 2 N–H and O–H groups in total. The Hall–Kier alpha value is -1.20. The predicted molar refractivity (Wildman–Crippen MR) is 69.6 cm³/mol. The largest absolute Gasteiger partial charge is 0.497 e. The zero-order chi connectivity index (χ0) is 12.8. The maximum Gasteiger partial charge on any atom is 0.185 e. The van der Waals surface area contributed by atoms with Crippen LogP contribution in [0.2, 0.25) is 0 Å². The first kappa shape index (κ1) is 13.9. The van der Waals surface area contributed by atoms with Crippen molar-refractivity contribution in [1.82, 2.24) is 0 Å². The highest BCUT2D eigenvalue weighted by atomic mass is 32.2. The lowest BCUT2D eigenvalue weighted by Crippen LogP contribution is -2.15. The molecule has 0 saturated carbocycles. The fraction of sp³-hybridized carbons (Fsp3) is 0.417. The van der Waals surface area contributed by atoms with Crippen molar-refractivity contribution in [1.29, 1.82) is 0 Å². The number of methoxy groups -OCH3 is 2. The van der Waals surface area contributed by atoms with Crippen molar-refractivity contribution in [3.8, 4) is 11.5 Å². The van der Waals surface area contributed by atoms with E-state index in [2.05, 4.69) is 0 Å². The molecule has 0 aliphatic carbocycles. The first-order chi connectivity index (χ1) is 8.08. The molecule has 0 radical (unpaired) electrons. The van der Waals surface area contributed by atoms with Gasteiger partial charge in [-0.1, -0.05) is 17.8 Å². The summed E-state index contributed by atoms with van der Waals surface area (Å²) < 4.78 is 10.4. The molecule has 0 aliphatic heterocycles. The van der Waals surface area contributed by atoms with Gasteiger partial charge in [-0.3, -0.25) is 4.79 Å². The Morgan fingerprint density at radius 1 is 1.41 bits per heavy atom. The Morgan fingerprint density at radius 2 is 2.12 bits per heavy atom. The van der Waals surface area contributed by atoms with Crippen molar-refractivity contribution in [2.75, 3.05) is 20.0 Å². The molecule has 0 aromatic heterocycles. The van der Waals surface area contributed by atoms with E-state index >= 15 is 0 Å². The van der Waals surface area contributed by atoms with Gasteiger partial charge in [0.05, 0.1) is 14.2 Å². The number of carbonyl (C=O) groups excluding carboxylic acids is 1. The van der Waals surface area contributed by atoms with Crippen LogP contribution in [0.3, 0.4) is 0 Å². The van der Waals surface area contributed by atoms with E-state index in [4.69, 9.17) is 15.2 Å². The molecule has 5 heteroatoms. The predicted octanol–water partition coefficient (Wildman–Crippen LogP) is 1.98. The zero-order valence-electron chi connectivity index (χ0n) is 10.2. The number of hydrogen-bond acceptors (Lipinski definition) is 5. The monoisotopic (exact) mass is 255 g/mol. The van der Waals surface area contributed by atoms with Gasteiger partial charge < -0.3 is 15.2 Å². The molecule has 0 bridgehead atoms. The van der Waals surface area contributed by atoms with Gasteiger partial charge in [0.2, 0.25) is 0 Å². The number of hydrogen-bond donors (Lipinski definition) is 1. The molecule has 1 aromatic rings. The molecule has 0 spiro atoms. The average molecular weight is 255 g/mol. The second-order valence-electron chi connectivity index (χ2n) is 3.52. The molecule has 17 heavy (non-hydrogen) atoms. The lowest BCUT2D eigenvalue weighted by atomic mass is 10.1. The van der Waals surface area contributed by atoms with Crippen molar-refractivity contribution >= 4 is 16.9 Å². The van der Waals surface area contributed by atoms with Gasteiger partial charge in [-0.15, -0.1) is 0 Å². The molecule has 1 atom stereocenters. The van der Waals surface area contributed by atoms with Crippen LogP contribution < -0.4 is 15.2 Å². The molecule has 1 aromatic carbocycles. The molecule has 0 saturated heterocycles. The molecular weight excluding hydrogens is 238 g/mol. The SMILES string of the molecule is COc1ccc(C(N)CSC(C)=O)c(OC)c1. The quantitative estimate of drug-likeness (QED) is 0.871. The Labute approximate surface area is 105 Å². The fourth-order valence-electron chi connectivity index (χ4n) is 1.42. The molecule has 4 nitrogen and oxygen atoms in total. The summed E-state index contributed by atoms with van der Waals surface area (Å²) in [4.78, 5) is 10.9. The van der Waals surface area contributed by atoms with Crippen LogP contribution in [0.1, 0.15) is 18.5 Å². The van der Waals surface area contributed by atoms with Gasteiger partial charge in [0.1, 0.15) is 11.5 Å². The highest BCUT2D eigenvalue weighted by Gasteiger charge is 2.13. The zero-order valence-corrected chi connectivity index (χ0v) is 11.0. The molecule has 0 aliphatic rings. The fourth-order valence-corrected chi connectivity index (χ4v) is 2.02. The Balaban J connectivity index is 2.84. The van der Waals surface area contributed by atoms with E-state index in [1.54, 1.807) is 20.3 Å². The van der Waals surface area contributed by atoms with Gasteiger partial charge in [0, 0.05) is 30.3 Å². The summed E-state index contributed by atoms with van der Waals surface area (Å²) in [7, 11) is 3.18. The molecule has 1 rings (SSSR count). The van der Waals surface area contributed by atoms with Crippen LogP contribution in [0.15, 0.2) is 18.2 Å². The number of rotatable bonds is 5. The van der Waals surface area contributed by atoms with Crippen molar-refractivity contribution in [2.45, 2.75) is 13.0 Å². The summed E-state index contributed by atoms with van der Waals surface area (Å²) in [6, 6.07) is 5.25. The van der Waals surface area contributed by atoms with Crippen molar-refractivity contribution in [2.24, 2.45) is 5.73 Å². The summed E-state index contributed by atoms with van der Waals surface area (Å²) in [6.45, 7) is 1.53. The van der Waals surface area contributed by atoms with Gasteiger partial charge in [0.25, 0.3) is 0 Å². The van der Waals surface area contributed by atoms with Crippen LogP contribution in [0.5, 0.6) is 11.5 Å². The van der Waals surface area contributed by atoms with Crippen molar-refractivity contribution < 1.29 is 14.3 Å². The van der Waals surface area contributed by atoms with Gasteiger partial charge >= 0.3 is 0 Å². The van der Waals surface area contributed by atoms with Crippen LogP contribution in [0.4, 0.5) is 0 Å². The smallest absolute Gasteiger partial charge is 0.185 e. The number of carbonyl (C=O) groups is 1. The highest BCUT2D eigenvalue weighted by Crippen LogP contribution is 2.29. The molecule has 0 fully saturated rings. The molecule has 0 amide bonds. The Bertz CT molecular complexity index is 395. The summed E-state index contributed by atoms with van der Waals surface area (Å²) in [5.74, 6) is 1.94. The number of benzene rings is 1. The van der Waals surface area contributed by atoms with E-state index in [1.165, 1.54) is 18.7 Å². The van der Waals surface area contributed by atoms with Crippen molar-refractivity contribution in [3.63, 3.8) is 0 Å². The minimum atomic E-state index is -0.232. The van der Waals surface area contributed by atoms with Gasteiger partial charge in [0.15, 0.2) is 5.12 Å². The molecule has 0 heterocycles. The summed E-state index contributed by atoms with van der Waals surface area (Å²) in [6.07, 6.45) is 0. The van der Waals surface area contributed by atoms with Crippen LogP contribution in [-0.4, -0.2) is 25.1 Å². The Morgan fingerprint density at radius 3 is 2.65 bits per heavy atom. The van der Waals surface area contributed by atoms with Crippen LogP contribution in [0.25, 0.3) is 0 Å². The summed E-state index contributed by atoms with van der Waals surface area (Å²) in [5.41, 5.74) is 6.89. The van der Waals surface area contributed by atoms with E-state index in [1.807, 2.05) is 12.1 Å². The lowest BCUT2D eigenvalue weighted by Gasteiger charge is -2.15. The standard InChI is InChI=1S/C12H17NO3S/c1-8(14)17-7-11(13)10-5-4-9(15-2)6-12(10)16-3/h4-6,11H,7,13H2,1-3H3. The second kappa shape index (κ2) is 6.51. The maximum absolute atomic E-state index is 10.9. The van der Waals surface area contributed by atoms with Gasteiger partial charge in [-0.25, -0.2) is 0 Å². The Kier molecular flexibility index (Phi) is 5.31. The van der Waals surface area contributed by atoms with Crippen molar-refractivity contribution in [3.05, 3.63) is 23.8 Å². The average Bonchev–Trinajstić information content (AvgIpc) is 2.34. The third-order valence-electron chi connectivity index (χ3n) is 2.31. The number of ether oxygens (including phenoxy) is 2. The topological polar surface area (TPSA) is 61.5 Å². The number of thioether (sulfide) groups is 1. The maximum atomic E-state index is 10.9. The normalized spacial score (nSPS) is 12.0. The minimum Gasteiger partial charge on any atom is -0.497 e. The molecular formula is C12H17NO3S. The van der Waals surface area contributed by atoms with Crippen LogP contribution in [0, 0.1) is 0 Å². The minimum absolute atomic E-state index is 0.0629. The van der Waals surface area contributed by atoms with Gasteiger partial charge in [-0.05, 0) is 6.07 Å². The van der Waals surface area contributed by atoms with E-state index < -0.39 is 0 Å². The van der Waals surface area contributed by atoms with E-state index in [0.717, 1.165) is 11.3 Å². The highest BCUT2D eigenvalue weighted by molar-refractivity contribution is 8.13. The molecule has 94 valence electrons. The van der Waals surface area contributed by atoms with Crippen LogP contribution in [-0.2, 0) is 4.79 Å². The lowest BCUT2D eigenvalue weighted by molar-refractivity contribution is -0.109. The van der Waals surface area contributed by atoms with Gasteiger partial charge in [-0.2, -0.15) is 0 Å².